The van der Waals surface area contributed by atoms with Gasteiger partial charge >= 0.3 is 0 Å². The Balaban J connectivity index is 0.000000291. The van der Waals surface area contributed by atoms with Gasteiger partial charge in [0, 0.05) is 0 Å². The zero-order valence-electron chi connectivity index (χ0n) is 6.63. The van der Waals surface area contributed by atoms with Gasteiger partial charge in [-0.15, -0.1) is 0 Å². The third kappa shape index (κ3) is 2.90. The molecule has 0 aliphatic rings. The summed E-state index contributed by atoms with van der Waals surface area (Å²) in [5.41, 5.74) is 0. The van der Waals surface area contributed by atoms with Crippen LogP contribution in [0, 0.1) is 0 Å². The number of nitrogens with zero attached hydrogens (tertiary/aromatic N) is 2. The van der Waals surface area contributed by atoms with E-state index < -0.39 is 0 Å². The maximum atomic E-state index is 2.00. The Morgan fingerprint density at radius 1 is 1.33 bits per heavy atom. The van der Waals surface area contributed by atoms with E-state index in [1.54, 1.807) is 0 Å². The molecule has 0 radical (unpaired) electrons. The van der Waals surface area contributed by atoms with E-state index in [2.05, 4.69) is 0 Å². The molecule has 0 unspecified atom stereocenters. The largest absolute Gasteiger partial charge is 0.243 e. The molecule has 0 aliphatic carbocycles. The van der Waals surface area contributed by atoms with Crippen LogP contribution in [0.5, 0.6) is 0 Å². The Bertz CT molecular complexity index is 139. The van der Waals surface area contributed by atoms with Gasteiger partial charge in [-0.3, -0.25) is 0 Å². The second-order valence-corrected chi connectivity index (χ2v) is 1.74. The molecule has 0 bridgehead atoms. The average molecular weight is 127 g/mol. The van der Waals surface area contributed by atoms with Gasteiger partial charge in [0.25, 0.3) is 0 Å². The number of aromatic nitrogens is 2. The van der Waals surface area contributed by atoms with Crippen molar-refractivity contribution in [1.29, 1.82) is 0 Å². The second-order valence-electron chi connectivity index (χ2n) is 1.74. The van der Waals surface area contributed by atoms with E-state index in [1.807, 2.05) is 55.8 Å². The van der Waals surface area contributed by atoms with Gasteiger partial charge in [0.2, 0.25) is 6.33 Å². The van der Waals surface area contributed by atoms with Crippen LogP contribution in [0.4, 0.5) is 0 Å². The topological polar surface area (TPSA) is 8.81 Å². The van der Waals surface area contributed by atoms with Gasteiger partial charge in [0.1, 0.15) is 12.4 Å². The lowest BCUT2D eigenvalue weighted by atomic mass is 10.9. The Morgan fingerprint density at radius 3 is 2.00 bits per heavy atom. The van der Waals surface area contributed by atoms with Crippen LogP contribution in [0.15, 0.2) is 18.7 Å². The first-order valence-corrected chi connectivity index (χ1v) is 3.26. The van der Waals surface area contributed by atoms with Crippen molar-refractivity contribution in [3.05, 3.63) is 18.7 Å². The molecule has 1 heterocycles. The van der Waals surface area contributed by atoms with Crippen molar-refractivity contribution in [2.75, 3.05) is 0 Å². The molecular formula is C7H15N2+. The van der Waals surface area contributed by atoms with Crippen LogP contribution in [0.1, 0.15) is 13.8 Å². The van der Waals surface area contributed by atoms with Crippen molar-refractivity contribution in [1.82, 2.24) is 4.57 Å². The first kappa shape index (κ1) is 8.21. The lowest BCUT2D eigenvalue weighted by Gasteiger charge is -1.72. The fraction of sp³-hybridized carbons (Fsp3) is 0.571. The van der Waals surface area contributed by atoms with E-state index >= 15 is 0 Å². The minimum atomic E-state index is 2.00. The van der Waals surface area contributed by atoms with Crippen molar-refractivity contribution in [2.24, 2.45) is 14.1 Å². The minimum Gasteiger partial charge on any atom is -0.240 e. The van der Waals surface area contributed by atoms with Gasteiger partial charge in [-0.2, -0.15) is 0 Å². The van der Waals surface area contributed by atoms with Crippen molar-refractivity contribution >= 4 is 0 Å². The summed E-state index contributed by atoms with van der Waals surface area (Å²) in [5, 5.41) is 0. The molecule has 52 valence electrons. The van der Waals surface area contributed by atoms with Crippen molar-refractivity contribution in [2.45, 2.75) is 13.8 Å². The summed E-state index contributed by atoms with van der Waals surface area (Å²) in [6.07, 6.45) is 6.00. The molecule has 1 aromatic heterocycles. The highest BCUT2D eigenvalue weighted by Crippen LogP contribution is 1.70. The number of imidazole rings is 1. The Kier molecular flexibility index (Phi) is 3.76. The SMILES string of the molecule is CC.Cn1cc[n+](C)c1. The fourth-order valence-corrected chi connectivity index (χ4v) is 0.575. The third-order valence-corrected chi connectivity index (χ3v) is 0.901. The molecule has 0 aromatic carbocycles. The summed E-state index contributed by atoms with van der Waals surface area (Å²) in [5.74, 6) is 0. The third-order valence-electron chi connectivity index (χ3n) is 0.901. The van der Waals surface area contributed by atoms with E-state index in [9.17, 15) is 0 Å². The zero-order chi connectivity index (χ0) is 7.28. The molecule has 0 fully saturated rings. The highest BCUT2D eigenvalue weighted by atomic mass is 15.1. The van der Waals surface area contributed by atoms with Crippen LogP contribution in [-0.2, 0) is 14.1 Å². The minimum absolute atomic E-state index is 2.00. The van der Waals surface area contributed by atoms with E-state index in [-0.39, 0.29) is 0 Å². The summed E-state index contributed by atoms with van der Waals surface area (Å²) in [4.78, 5) is 0. The summed E-state index contributed by atoms with van der Waals surface area (Å²) in [7, 11) is 4.00. The Morgan fingerprint density at radius 2 is 1.89 bits per heavy atom. The number of hydrogen-bond donors (Lipinski definition) is 0. The monoisotopic (exact) mass is 127 g/mol. The second kappa shape index (κ2) is 4.13. The standard InChI is InChI=1S/C5H9N2.C2H6/c1-6-3-4-7(2)5-6;1-2/h3-5H,1-2H3;1-2H3/q+1;. The summed E-state index contributed by atoms with van der Waals surface area (Å²) < 4.78 is 4.00. The van der Waals surface area contributed by atoms with Gasteiger partial charge < -0.3 is 0 Å². The molecule has 0 spiro atoms. The molecule has 9 heavy (non-hydrogen) atoms. The molecule has 1 rings (SSSR count). The molecule has 1 aromatic rings. The first-order chi connectivity index (χ1) is 4.29. The van der Waals surface area contributed by atoms with Crippen LogP contribution < -0.4 is 4.57 Å². The van der Waals surface area contributed by atoms with Gasteiger partial charge in [-0.1, -0.05) is 13.8 Å². The van der Waals surface area contributed by atoms with Gasteiger partial charge in [-0.05, 0) is 0 Å². The molecule has 0 saturated carbocycles. The molecule has 2 heteroatoms. The maximum absolute atomic E-state index is 2.00. The molecule has 0 aliphatic heterocycles. The Labute approximate surface area is 56.7 Å². The van der Waals surface area contributed by atoms with E-state index in [0.29, 0.717) is 0 Å². The van der Waals surface area contributed by atoms with Crippen LogP contribution in [0.25, 0.3) is 0 Å². The first-order valence-electron chi connectivity index (χ1n) is 3.26. The van der Waals surface area contributed by atoms with Crippen LogP contribution >= 0.6 is 0 Å². The van der Waals surface area contributed by atoms with Crippen molar-refractivity contribution in [3.8, 4) is 0 Å². The molecule has 2 nitrogen and oxygen atoms in total. The number of rotatable bonds is 0. The quantitative estimate of drug-likeness (QED) is 0.457. The number of aryl methyl sites for hydroxylation is 2. The zero-order valence-corrected chi connectivity index (χ0v) is 6.63. The van der Waals surface area contributed by atoms with Gasteiger partial charge in [-0.25, -0.2) is 9.13 Å². The fourth-order valence-electron chi connectivity index (χ4n) is 0.575. The van der Waals surface area contributed by atoms with Crippen molar-refractivity contribution < 1.29 is 4.57 Å². The highest BCUT2D eigenvalue weighted by Gasteiger charge is 1.87. The highest BCUT2D eigenvalue weighted by molar-refractivity contribution is 4.60. The van der Waals surface area contributed by atoms with Crippen LogP contribution in [-0.4, -0.2) is 4.57 Å². The molecule has 0 saturated heterocycles. The van der Waals surface area contributed by atoms with Crippen LogP contribution in [0.3, 0.4) is 0 Å². The summed E-state index contributed by atoms with van der Waals surface area (Å²) in [6.45, 7) is 4.00. The summed E-state index contributed by atoms with van der Waals surface area (Å²) >= 11 is 0. The normalized spacial score (nSPS) is 8.00. The lowest BCUT2D eigenvalue weighted by Crippen LogP contribution is -2.23. The van der Waals surface area contributed by atoms with Crippen LogP contribution in [0.2, 0.25) is 0 Å². The van der Waals surface area contributed by atoms with Crippen molar-refractivity contribution in [3.63, 3.8) is 0 Å². The van der Waals surface area contributed by atoms with E-state index in [0.717, 1.165) is 0 Å². The molecule has 0 amide bonds. The Hall–Kier alpha value is -0.790. The maximum Gasteiger partial charge on any atom is 0.243 e. The molecular weight excluding hydrogens is 112 g/mol. The molecule has 0 N–H and O–H groups in total. The van der Waals surface area contributed by atoms with E-state index in [4.69, 9.17) is 0 Å². The average Bonchev–Trinajstić information content (AvgIpc) is 2.20. The predicted octanol–water partition coefficient (Wildman–Crippen LogP) is 0.876. The number of hydrogen-bond acceptors (Lipinski definition) is 0. The lowest BCUT2D eigenvalue weighted by molar-refractivity contribution is -0.670. The predicted molar refractivity (Wildman–Crippen MR) is 37.9 cm³/mol. The van der Waals surface area contributed by atoms with Gasteiger partial charge in [0.15, 0.2) is 0 Å². The van der Waals surface area contributed by atoms with E-state index in [1.165, 1.54) is 0 Å². The summed E-state index contributed by atoms with van der Waals surface area (Å²) in [6, 6.07) is 0. The smallest absolute Gasteiger partial charge is 0.240 e. The molecule has 0 atom stereocenters. The van der Waals surface area contributed by atoms with Gasteiger partial charge in [0.05, 0.1) is 14.1 Å².